The van der Waals surface area contributed by atoms with Gasteiger partial charge in [-0.1, -0.05) is 12.5 Å². The highest BCUT2D eigenvalue weighted by molar-refractivity contribution is 7.09. The van der Waals surface area contributed by atoms with Gasteiger partial charge in [0.1, 0.15) is 6.04 Å². The molecule has 3 heterocycles. The van der Waals surface area contributed by atoms with Gasteiger partial charge in [0, 0.05) is 23.5 Å². The van der Waals surface area contributed by atoms with Gasteiger partial charge in [-0.05, 0) is 30.7 Å². The van der Waals surface area contributed by atoms with Crippen molar-refractivity contribution >= 4 is 23.2 Å². The normalized spacial score (nSPS) is 20.0. The van der Waals surface area contributed by atoms with Crippen LogP contribution in [0, 0.1) is 5.92 Å². The minimum absolute atomic E-state index is 0.0399. The van der Waals surface area contributed by atoms with Crippen LogP contribution < -0.4 is 5.32 Å². The molecule has 2 aromatic rings. The molecule has 132 valence electrons. The van der Waals surface area contributed by atoms with Crippen molar-refractivity contribution in [1.29, 1.82) is 0 Å². The Morgan fingerprint density at radius 2 is 2.24 bits per heavy atom. The molecule has 4 rings (SSSR count). The Balaban J connectivity index is 1.42. The average molecular weight is 358 g/mol. The minimum atomic E-state index is -0.390. The number of fused-ring (bicyclic) bond motifs is 1. The van der Waals surface area contributed by atoms with E-state index in [2.05, 4.69) is 16.4 Å². The molecule has 1 N–H and O–H groups in total. The van der Waals surface area contributed by atoms with Crippen LogP contribution in [0.2, 0.25) is 0 Å². The average Bonchev–Trinajstić information content (AvgIpc) is 3.23. The fourth-order valence-electron chi connectivity index (χ4n) is 3.46. The molecule has 6 nitrogen and oxygen atoms in total. The minimum Gasteiger partial charge on any atom is -0.354 e. The van der Waals surface area contributed by atoms with E-state index in [0.29, 0.717) is 19.6 Å². The number of rotatable bonds is 5. The summed E-state index contributed by atoms with van der Waals surface area (Å²) in [5.41, 5.74) is 0.928. The van der Waals surface area contributed by atoms with Gasteiger partial charge in [-0.3, -0.25) is 9.59 Å². The highest BCUT2D eigenvalue weighted by Gasteiger charge is 2.36. The van der Waals surface area contributed by atoms with E-state index in [9.17, 15) is 9.59 Å². The van der Waals surface area contributed by atoms with Crippen LogP contribution in [0.5, 0.6) is 0 Å². The zero-order valence-corrected chi connectivity index (χ0v) is 14.9. The van der Waals surface area contributed by atoms with Crippen LogP contribution >= 0.6 is 11.3 Å². The van der Waals surface area contributed by atoms with Gasteiger partial charge >= 0.3 is 0 Å². The van der Waals surface area contributed by atoms with Gasteiger partial charge in [-0.15, -0.1) is 11.3 Å². The summed E-state index contributed by atoms with van der Waals surface area (Å²) in [5.74, 6) is 0.300. The summed E-state index contributed by atoms with van der Waals surface area (Å²) in [5, 5.41) is 5.06. The molecule has 0 unspecified atom stereocenters. The molecular formula is C18H22N4O2S. The second-order valence-corrected chi connectivity index (χ2v) is 7.81. The highest BCUT2D eigenvalue weighted by atomic mass is 32.1. The van der Waals surface area contributed by atoms with Crippen molar-refractivity contribution in [2.45, 2.75) is 38.3 Å². The molecular weight excluding hydrogens is 336 g/mol. The maximum Gasteiger partial charge on any atom is 0.244 e. The molecule has 0 spiro atoms. The lowest BCUT2D eigenvalue weighted by Gasteiger charge is -2.37. The molecule has 1 aliphatic heterocycles. The number of carbonyl (C=O) groups excluding carboxylic acids is 2. The van der Waals surface area contributed by atoms with Crippen LogP contribution in [-0.2, 0) is 22.6 Å². The number of hydrogen-bond donors (Lipinski definition) is 1. The van der Waals surface area contributed by atoms with Crippen LogP contribution in [-0.4, -0.2) is 39.4 Å². The van der Waals surface area contributed by atoms with E-state index in [1.807, 2.05) is 20.9 Å². The lowest BCUT2D eigenvalue weighted by Crippen LogP contribution is -2.49. The van der Waals surface area contributed by atoms with Crippen molar-refractivity contribution in [2.24, 2.45) is 5.92 Å². The lowest BCUT2D eigenvalue weighted by molar-refractivity contribution is -0.141. The first-order valence-corrected chi connectivity index (χ1v) is 9.70. The predicted molar refractivity (Wildman–Crippen MR) is 95.1 cm³/mol. The summed E-state index contributed by atoms with van der Waals surface area (Å²) in [7, 11) is 0. The largest absolute Gasteiger partial charge is 0.354 e. The number of imidazole rings is 1. The molecule has 25 heavy (non-hydrogen) atoms. The molecule has 2 amide bonds. The van der Waals surface area contributed by atoms with Crippen LogP contribution in [0.25, 0.3) is 0 Å². The van der Waals surface area contributed by atoms with Crippen molar-refractivity contribution in [2.75, 3.05) is 13.1 Å². The maximum atomic E-state index is 12.7. The molecule has 0 radical (unpaired) electrons. The zero-order valence-electron chi connectivity index (χ0n) is 14.1. The van der Waals surface area contributed by atoms with Crippen LogP contribution in [0.15, 0.2) is 30.0 Å². The van der Waals surface area contributed by atoms with Crippen molar-refractivity contribution < 1.29 is 9.59 Å². The summed E-state index contributed by atoms with van der Waals surface area (Å²) >= 11 is 1.70. The standard InChI is InChI=1S/C18H22N4O2S/c23-17(20-7-6-15-5-2-8-25-15)16-11-21(18(24)13-3-1-4-13)10-14-9-19-12-22(14)16/h2,5,8-9,12-13,16H,1,3-4,6-7,10-11H2,(H,20,23)/t16-/m1/s1. The third kappa shape index (κ3) is 3.33. The number of aromatic nitrogens is 2. The van der Waals surface area contributed by atoms with Crippen molar-refractivity contribution in [3.63, 3.8) is 0 Å². The molecule has 7 heteroatoms. The molecule has 1 saturated carbocycles. The quantitative estimate of drug-likeness (QED) is 0.889. The fourth-order valence-corrected chi connectivity index (χ4v) is 4.17. The van der Waals surface area contributed by atoms with Gasteiger partial charge in [-0.25, -0.2) is 4.98 Å². The van der Waals surface area contributed by atoms with Crippen LogP contribution in [0.3, 0.4) is 0 Å². The third-order valence-electron chi connectivity index (χ3n) is 5.15. The highest BCUT2D eigenvalue weighted by Crippen LogP contribution is 2.31. The Hall–Kier alpha value is -2.15. The third-order valence-corrected chi connectivity index (χ3v) is 6.08. The summed E-state index contributed by atoms with van der Waals surface area (Å²) in [6.07, 6.45) is 7.38. The SMILES string of the molecule is O=C(NCCc1cccs1)[C@H]1CN(C(=O)C2CCC2)Cc2cncn21. The molecule has 0 aromatic carbocycles. The van der Waals surface area contributed by atoms with E-state index in [4.69, 9.17) is 0 Å². The molecule has 1 fully saturated rings. The second-order valence-electron chi connectivity index (χ2n) is 6.78. The molecule has 0 bridgehead atoms. The first kappa shape index (κ1) is 16.3. The summed E-state index contributed by atoms with van der Waals surface area (Å²) in [6, 6.07) is 3.70. The Bertz CT molecular complexity index is 751. The van der Waals surface area contributed by atoms with Crippen molar-refractivity contribution in [1.82, 2.24) is 19.8 Å². The van der Waals surface area contributed by atoms with E-state index < -0.39 is 6.04 Å². The van der Waals surface area contributed by atoms with Gasteiger partial charge < -0.3 is 14.8 Å². The molecule has 2 aromatic heterocycles. The van der Waals surface area contributed by atoms with Gasteiger partial charge in [0.25, 0.3) is 0 Å². The number of amides is 2. The monoisotopic (exact) mass is 358 g/mol. The summed E-state index contributed by atoms with van der Waals surface area (Å²) < 4.78 is 1.91. The Morgan fingerprint density at radius 3 is 2.96 bits per heavy atom. The van der Waals surface area contributed by atoms with Gasteiger partial charge in [-0.2, -0.15) is 0 Å². The molecule has 1 aliphatic carbocycles. The first-order chi connectivity index (χ1) is 12.2. The van der Waals surface area contributed by atoms with Crippen molar-refractivity contribution in [3.8, 4) is 0 Å². The van der Waals surface area contributed by atoms with E-state index in [1.165, 1.54) is 4.88 Å². The smallest absolute Gasteiger partial charge is 0.244 e. The molecule has 1 atom stereocenters. The summed E-state index contributed by atoms with van der Waals surface area (Å²) in [4.78, 5) is 32.6. The number of hydrogen-bond acceptors (Lipinski definition) is 4. The Kier molecular flexibility index (Phi) is 4.57. The topological polar surface area (TPSA) is 67.2 Å². The predicted octanol–water partition coefficient (Wildman–Crippen LogP) is 1.99. The second kappa shape index (κ2) is 7.00. The van der Waals surface area contributed by atoms with E-state index in [-0.39, 0.29) is 17.7 Å². The van der Waals surface area contributed by atoms with Gasteiger partial charge in [0.05, 0.1) is 25.1 Å². The first-order valence-electron chi connectivity index (χ1n) is 8.82. The van der Waals surface area contributed by atoms with E-state index >= 15 is 0 Å². The van der Waals surface area contributed by atoms with Crippen LogP contribution in [0.4, 0.5) is 0 Å². The Labute approximate surface area is 150 Å². The van der Waals surface area contributed by atoms with Crippen molar-refractivity contribution in [3.05, 3.63) is 40.6 Å². The van der Waals surface area contributed by atoms with Crippen LogP contribution in [0.1, 0.15) is 35.9 Å². The number of nitrogens with one attached hydrogen (secondary N) is 1. The van der Waals surface area contributed by atoms with Gasteiger partial charge in [0.15, 0.2) is 0 Å². The number of nitrogens with zero attached hydrogens (tertiary/aromatic N) is 3. The molecule has 2 aliphatic rings. The van der Waals surface area contributed by atoms with E-state index in [1.54, 1.807) is 23.9 Å². The fraction of sp³-hybridized carbons (Fsp3) is 0.500. The number of carbonyl (C=O) groups is 2. The molecule has 0 saturated heterocycles. The zero-order chi connectivity index (χ0) is 17.2. The van der Waals surface area contributed by atoms with E-state index in [0.717, 1.165) is 31.4 Å². The maximum absolute atomic E-state index is 12.7. The number of thiophene rings is 1. The summed E-state index contributed by atoms with van der Waals surface area (Å²) in [6.45, 7) is 1.59. The Morgan fingerprint density at radius 1 is 1.36 bits per heavy atom. The van der Waals surface area contributed by atoms with Gasteiger partial charge in [0.2, 0.25) is 11.8 Å². The lowest BCUT2D eigenvalue weighted by atomic mass is 9.84.